The Morgan fingerprint density at radius 3 is 1.72 bits per heavy atom. The van der Waals surface area contributed by atoms with Gasteiger partial charge < -0.3 is 9.47 Å². The third-order valence-corrected chi connectivity index (χ3v) is 7.35. The topological polar surface area (TPSA) is 55.8 Å². The van der Waals surface area contributed by atoms with Crippen molar-refractivity contribution in [3.63, 3.8) is 0 Å². The van der Waals surface area contributed by atoms with E-state index in [1.807, 2.05) is 55.5 Å². The molecule has 5 nitrogen and oxygen atoms in total. The fourth-order valence-electron chi connectivity index (χ4n) is 3.18. The van der Waals surface area contributed by atoms with Gasteiger partial charge in [0.25, 0.3) is 0 Å². The maximum Gasteiger partial charge on any atom is 0.217 e. The van der Waals surface area contributed by atoms with Crippen LogP contribution in [-0.2, 0) is 23.1 Å². The number of hydrogen-bond donors (Lipinski definition) is 0. The zero-order chi connectivity index (χ0) is 21.3. The van der Waals surface area contributed by atoms with Crippen LogP contribution in [0.15, 0.2) is 61.2 Å². The molecule has 2 rings (SSSR count). The molecule has 0 spiro atoms. The molecule has 158 valence electrons. The lowest BCUT2D eigenvalue weighted by atomic mass is 10.2. The van der Waals surface area contributed by atoms with Crippen LogP contribution in [-0.4, -0.2) is 32.2 Å². The Kier molecular flexibility index (Phi) is 8.73. The molecule has 0 aromatic heterocycles. The lowest BCUT2D eigenvalue weighted by molar-refractivity contribution is 0.388. The lowest BCUT2D eigenvalue weighted by Gasteiger charge is -2.27. The van der Waals surface area contributed by atoms with Gasteiger partial charge in [-0.15, -0.1) is 6.58 Å². The fraction of sp³-hybridized carbons (Fsp3) is 0.391. The van der Waals surface area contributed by atoms with E-state index in [4.69, 9.17) is 9.47 Å². The molecule has 2 aromatic rings. The van der Waals surface area contributed by atoms with Gasteiger partial charge in [-0.25, -0.2) is 8.42 Å². The highest BCUT2D eigenvalue weighted by Crippen LogP contribution is 2.24. The van der Waals surface area contributed by atoms with E-state index in [1.54, 1.807) is 24.6 Å². The number of hydrogen-bond acceptors (Lipinski definition) is 4. The van der Waals surface area contributed by atoms with E-state index >= 15 is 0 Å². The van der Waals surface area contributed by atoms with Gasteiger partial charge in [0.15, 0.2) is 0 Å². The van der Waals surface area contributed by atoms with Crippen molar-refractivity contribution >= 4 is 10.0 Å². The van der Waals surface area contributed by atoms with Crippen LogP contribution in [0.2, 0.25) is 0 Å². The standard InChI is InChI=1S/C23H31NO4S/c1-5-7-8-23(6-2)29(25,26)24(17-19-9-13-21(27-3)14-10-19)18-20-11-15-22(28-4)16-12-20/h5,9-16,23H,1,6-8,17-18H2,2-4H3. The molecule has 1 unspecified atom stereocenters. The van der Waals surface area contributed by atoms with Crippen molar-refractivity contribution in [2.45, 2.75) is 44.5 Å². The number of rotatable bonds is 12. The maximum atomic E-state index is 13.5. The SMILES string of the molecule is C=CCCC(CC)S(=O)(=O)N(Cc1ccc(OC)cc1)Cc1ccc(OC)cc1. The van der Waals surface area contributed by atoms with Crippen molar-refractivity contribution in [1.29, 1.82) is 0 Å². The molecule has 0 aliphatic carbocycles. The summed E-state index contributed by atoms with van der Waals surface area (Å²) in [5.41, 5.74) is 1.84. The van der Waals surface area contributed by atoms with Crippen molar-refractivity contribution in [1.82, 2.24) is 4.31 Å². The molecule has 0 saturated heterocycles. The molecule has 0 N–H and O–H groups in total. The first-order chi connectivity index (χ1) is 13.9. The average molecular weight is 418 g/mol. The Morgan fingerprint density at radius 2 is 1.38 bits per heavy atom. The summed E-state index contributed by atoms with van der Waals surface area (Å²) in [5.74, 6) is 1.49. The highest BCUT2D eigenvalue weighted by Gasteiger charge is 2.30. The molecule has 0 amide bonds. The number of methoxy groups -OCH3 is 2. The van der Waals surface area contributed by atoms with Gasteiger partial charge in [0.2, 0.25) is 10.0 Å². The summed E-state index contributed by atoms with van der Waals surface area (Å²) in [6.07, 6.45) is 3.59. The minimum absolute atomic E-state index is 0.308. The summed E-state index contributed by atoms with van der Waals surface area (Å²) in [4.78, 5) is 0. The van der Waals surface area contributed by atoms with E-state index in [0.29, 0.717) is 32.4 Å². The third kappa shape index (κ3) is 6.34. The molecule has 1 atom stereocenters. The van der Waals surface area contributed by atoms with Crippen LogP contribution in [0.3, 0.4) is 0 Å². The van der Waals surface area contributed by atoms with Crippen LogP contribution in [0.1, 0.15) is 37.3 Å². The first-order valence-corrected chi connectivity index (χ1v) is 11.3. The molecule has 0 radical (unpaired) electrons. The van der Waals surface area contributed by atoms with Crippen molar-refractivity contribution in [3.05, 3.63) is 72.3 Å². The zero-order valence-electron chi connectivity index (χ0n) is 17.5. The van der Waals surface area contributed by atoms with E-state index in [0.717, 1.165) is 22.6 Å². The Balaban J connectivity index is 2.32. The smallest absolute Gasteiger partial charge is 0.217 e. The van der Waals surface area contributed by atoms with E-state index in [9.17, 15) is 8.42 Å². The predicted octanol–water partition coefficient (Wildman–Crippen LogP) is 4.78. The third-order valence-electron chi connectivity index (χ3n) is 4.97. The first kappa shape index (κ1) is 23.0. The fourth-order valence-corrected chi connectivity index (χ4v) is 5.12. The van der Waals surface area contributed by atoms with E-state index in [2.05, 4.69) is 6.58 Å². The van der Waals surface area contributed by atoms with E-state index in [1.165, 1.54) is 0 Å². The molecule has 0 saturated carbocycles. The number of ether oxygens (including phenoxy) is 2. The lowest BCUT2D eigenvalue weighted by Crippen LogP contribution is -2.37. The van der Waals surface area contributed by atoms with Gasteiger partial charge >= 0.3 is 0 Å². The molecule has 0 aliphatic heterocycles. The quantitative estimate of drug-likeness (QED) is 0.466. The zero-order valence-corrected chi connectivity index (χ0v) is 18.3. The Bertz CT molecular complexity index is 811. The Morgan fingerprint density at radius 1 is 0.931 bits per heavy atom. The molecule has 0 heterocycles. The number of nitrogens with zero attached hydrogens (tertiary/aromatic N) is 1. The molecule has 0 fully saturated rings. The molecule has 2 aromatic carbocycles. The van der Waals surface area contributed by atoms with Gasteiger partial charge in [-0.2, -0.15) is 4.31 Å². The normalized spacial score (nSPS) is 12.6. The number of benzene rings is 2. The summed E-state index contributed by atoms with van der Waals surface area (Å²) < 4.78 is 38.9. The number of sulfonamides is 1. The molecule has 29 heavy (non-hydrogen) atoms. The highest BCUT2D eigenvalue weighted by molar-refractivity contribution is 7.89. The van der Waals surface area contributed by atoms with E-state index < -0.39 is 15.3 Å². The summed E-state index contributed by atoms with van der Waals surface area (Å²) in [6, 6.07) is 15.0. The molecule has 0 aliphatic rings. The second kappa shape index (κ2) is 11.0. The van der Waals surface area contributed by atoms with Crippen LogP contribution >= 0.6 is 0 Å². The highest BCUT2D eigenvalue weighted by atomic mass is 32.2. The second-order valence-corrected chi connectivity index (χ2v) is 9.12. The van der Waals surface area contributed by atoms with Crippen LogP contribution in [0.4, 0.5) is 0 Å². The van der Waals surface area contributed by atoms with Crippen LogP contribution in [0.5, 0.6) is 11.5 Å². The summed E-state index contributed by atoms with van der Waals surface area (Å²) in [6.45, 7) is 6.27. The van der Waals surface area contributed by atoms with Gasteiger partial charge in [-0.3, -0.25) is 0 Å². The van der Waals surface area contributed by atoms with Crippen LogP contribution in [0, 0.1) is 0 Å². The predicted molar refractivity (Wildman–Crippen MR) is 118 cm³/mol. The van der Waals surface area contributed by atoms with Gasteiger partial charge in [-0.1, -0.05) is 37.3 Å². The second-order valence-electron chi connectivity index (χ2n) is 6.91. The van der Waals surface area contributed by atoms with Gasteiger partial charge in [-0.05, 0) is 54.7 Å². The Hall–Kier alpha value is -2.31. The average Bonchev–Trinajstić information content (AvgIpc) is 2.74. The van der Waals surface area contributed by atoms with Gasteiger partial charge in [0.1, 0.15) is 11.5 Å². The first-order valence-electron chi connectivity index (χ1n) is 9.80. The maximum absolute atomic E-state index is 13.5. The molecular formula is C23H31NO4S. The van der Waals surface area contributed by atoms with Crippen molar-refractivity contribution < 1.29 is 17.9 Å². The van der Waals surface area contributed by atoms with Crippen molar-refractivity contribution in [2.24, 2.45) is 0 Å². The molecule has 0 bridgehead atoms. The van der Waals surface area contributed by atoms with Gasteiger partial charge in [0.05, 0.1) is 19.5 Å². The molecule has 6 heteroatoms. The minimum Gasteiger partial charge on any atom is -0.497 e. The largest absolute Gasteiger partial charge is 0.497 e. The minimum atomic E-state index is -3.49. The summed E-state index contributed by atoms with van der Waals surface area (Å²) in [7, 11) is -0.266. The molecular weight excluding hydrogens is 386 g/mol. The van der Waals surface area contributed by atoms with Gasteiger partial charge in [0, 0.05) is 13.1 Å². The number of allylic oxidation sites excluding steroid dienone is 1. The summed E-state index contributed by atoms with van der Waals surface area (Å²) in [5, 5.41) is -0.433. The van der Waals surface area contributed by atoms with E-state index in [-0.39, 0.29) is 0 Å². The summed E-state index contributed by atoms with van der Waals surface area (Å²) >= 11 is 0. The van der Waals surface area contributed by atoms with Crippen molar-refractivity contribution in [2.75, 3.05) is 14.2 Å². The Labute approximate surface area is 175 Å². The van der Waals surface area contributed by atoms with Crippen LogP contribution in [0.25, 0.3) is 0 Å². The monoisotopic (exact) mass is 417 g/mol. The van der Waals surface area contributed by atoms with Crippen molar-refractivity contribution in [3.8, 4) is 11.5 Å². The van der Waals surface area contributed by atoms with Crippen LogP contribution < -0.4 is 9.47 Å².